The van der Waals surface area contributed by atoms with Crippen LogP contribution in [0.2, 0.25) is 10.0 Å². The van der Waals surface area contributed by atoms with Crippen molar-refractivity contribution in [3.05, 3.63) is 69.5 Å². The molecule has 2 N–H and O–H groups in total. The highest BCUT2D eigenvalue weighted by Gasteiger charge is 2.26. The number of rotatable bonds is 9. The molecule has 1 amide bonds. The van der Waals surface area contributed by atoms with Gasteiger partial charge in [-0.25, -0.2) is 0 Å². The average molecular weight is 494 g/mol. The van der Waals surface area contributed by atoms with Gasteiger partial charge >= 0.3 is 6.01 Å². The van der Waals surface area contributed by atoms with Gasteiger partial charge in [0.25, 0.3) is 5.91 Å². The Morgan fingerprint density at radius 2 is 1.81 bits per heavy atom. The van der Waals surface area contributed by atoms with Crippen LogP contribution in [0.4, 0.5) is 11.7 Å². The number of hydrogen-bond acceptors (Lipinski definition) is 6. The first kappa shape index (κ1) is 24.3. The van der Waals surface area contributed by atoms with Crippen molar-refractivity contribution in [2.24, 2.45) is 0 Å². The van der Waals surface area contributed by atoms with E-state index in [2.05, 4.69) is 28.9 Å². The Morgan fingerprint density at radius 3 is 2.41 bits per heavy atom. The Hall–Kier alpha value is -2.35. The molecule has 6 nitrogen and oxygen atoms in total. The monoisotopic (exact) mass is 493 g/mol. The van der Waals surface area contributed by atoms with Crippen molar-refractivity contribution in [2.75, 3.05) is 22.9 Å². The summed E-state index contributed by atoms with van der Waals surface area (Å²) in [4.78, 5) is 16.5. The highest BCUT2D eigenvalue weighted by molar-refractivity contribution is 7.99. The van der Waals surface area contributed by atoms with Crippen molar-refractivity contribution >= 4 is 52.8 Å². The van der Waals surface area contributed by atoms with Gasteiger partial charge in [-0.1, -0.05) is 68.1 Å². The van der Waals surface area contributed by atoms with E-state index in [1.807, 2.05) is 49.6 Å². The number of benzene rings is 2. The van der Waals surface area contributed by atoms with Gasteiger partial charge in [0.1, 0.15) is 6.26 Å². The van der Waals surface area contributed by atoms with Crippen molar-refractivity contribution in [2.45, 2.75) is 32.6 Å². The molecule has 0 aliphatic heterocycles. The Balaban J connectivity index is 1.76. The molecular weight excluding hydrogens is 469 g/mol. The molecule has 32 heavy (non-hydrogen) atoms. The lowest BCUT2D eigenvalue weighted by Gasteiger charge is -2.27. The van der Waals surface area contributed by atoms with E-state index in [4.69, 9.17) is 32.4 Å². The van der Waals surface area contributed by atoms with Crippen LogP contribution in [0.15, 0.2) is 47.1 Å². The molecule has 0 radical (unpaired) electrons. The van der Waals surface area contributed by atoms with Crippen molar-refractivity contribution < 1.29 is 13.9 Å². The Kier molecular flexibility index (Phi) is 7.98. The number of anilines is 2. The van der Waals surface area contributed by atoms with E-state index < -0.39 is 0 Å². The SMILES string of the molecule is CCCOc1c(Cl)cc(C(C)(C)c2ccc(NC(=O)c3coc(NSC)n3)cc2)cc1Cl. The van der Waals surface area contributed by atoms with Crippen LogP contribution < -0.4 is 14.8 Å². The van der Waals surface area contributed by atoms with E-state index in [1.165, 1.54) is 18.2 Å². The summed E-state index contributed by atoms with van der Waals surface area (Å²) in [5.41, 5.74) is 2.48. The van der Waals surface area contributed by atoms with Gasteiger partial charge in [-0.2, -0.15) is 4.98 Å². The van der Waals surface area contributed by atoms with Gasteiger partial charge in [0, 0.05) is 17.4 Å². The van der Waals surface area contributed by atoms with Crippen molar-refractivity contribution in [3.8, 4) is 5.75 Å². The first-order chi connectivity index (χ1) is 15.3. The van der Waals surface area contributed by atoms with Gasteiger partial charge in [-0.3, -0.25) is 9.52 Å². The lowest BCUT2D eigenvalue weighted by Crippen LogP contribution is -2.19. The van der Waals surface area contributed by atoms with Crippen LogP contribution in [0, 0.1) is 0 Å². The molecule has 0 aliphatic carbocycles. The van der Waals surface area contributed by atoms with Crippen LogP contribution in [0.5, 0.6) is 5.75 Å². The number of amides is 1. The third kappa shape index (κ3) is 5.52. The maximum absolute atomic E-state index is 12.4. The second kappa shape index (κ2) is 10.5. The summed E-state index contributed by atoms with van der Waals surface area (Å²) in [5, 5.41) is 3.80. The lowest BCUT2D eigenvalue weighted by atomic mass is 9.78. The first-order valence-electron chi connectivity index (χ1n) is 10.0. The summed E-state index contributed by atoms with van der Waals surface area (Å²) in [7, 11) is 0. The third-order valence-electron chi connectivity index (χ3n) is 4.96. The molecular formula is C23H25Cl2N3O3S. The quantitative estimate of drug-likeness (QED) is 0.311. The molecule has 0 unspecified atom stereocenters. The number of oxazole rings is 1. The summed E-state index contributed by atoms with van der Waals surface area (Å²) >= 11 is 14.2. The minimum absolute atomic E-state index is 0.195. The molecule has 170 valence electrons. The number of aromatic nitrogens is 1. The van der Waals surface area contributed by atoms with Gasteiger partial charge in [-0.05, 0) is 41.8 Å². The van der Waals surface area contributed by atoms with E-state index in [-0.39, 0.29) is 23.0 Å². The fraction of sp³-hybridized carbons (Fsp3) is 0.304. The molecule has 0 saturated heterocycles. The summed E-state index contributed by atoms with van der Waals surface area (Å²) < 4.78 is 13.7. The number of nitrogens with one attached hydrogen (secondary N) is 2. The fourth-order valence-corrected chi connectivity index (χ4v) is 3.97. The predicted octanol–water partition coefficient (Wildman–Crippen LogP) is 7.04. The predicted molar refractivity (Wildman–Crippen MR) is 132 cm³/mol. The molecule has 0 spiro atoms. The van der Waals surface area contributed by atoms with E-state index in [0.29, 0.717) is 28.1 Å². The lowest BCUT2D eigenvalue weighted by molar-refractivity contribution is 0.102. The smallest absolute Gasteiger partial charge is 0.305 e. The van der Waals surface area contributed by atoms with Crippen LogP contribution in [-0.4, -0.2) is 23.8 Å². The third-order valence-corrected chi connectivity index (χ3v) is 5.90. The zero-order valence-electron chi connectivity index (χ0n) is 18.3. The highest BCUT2D eigenvalue weighted by atomic mass is 35.5. The van der Waals surface area contributed by atoms with Crippen LogP contribution in [0.25, 0.3) is 0 Å². The Bertz CT molecular complexity index is 1060. The Labute approximate surface area is 202 Å². The molecule has 3 rings (SSSR count). The van der Waals surface area contributed by atoms with E-state index in [0.717, 1.165) is 17.5 Å². The molecule has 0 atom stereocenters. The van der Waals surface area contributed by atoms with Gasteiger partial charge in [-0.15, -0.1) is 0 Å². The average Bonchev–Trinajstić information content (AvgIpc) is 3.22. The van der Waals surface area contributed by atoms with Crippen LogP contribution >= 0.6 is 35.1 Å². The van der Waals surface area contributed by atoms with Crippen LogP contribution in [0.1, 0.15) is 48.8 Å². The van der Waals surface area contributed by atoms with Crippen molar-refractivity contribution in [1.29, 1.82) is 0 Å². The summed E-state index contributed by atoms with van der Waals surface area (Å²) in [6, 6.07) is 11.7. The minimum Gasteiger partial charge on any atom is -0.490 e. The number of halogens is 2. The maximum Gasteiger partial charge on any atom is 0.305 e. The summed E-state index contributed by atoms with van der Waals surface area (Å²) in [6.45, 7) is 6.76. The van der Waals surface area contributed by atoms with E-state index in [1.54, 1.807) is 0 Å². The van der Waals surface area contributed by atoms with Crippen molar-refractivity contribution in [3.63, 3.8) is 0 Å². The zero-order chi connectivity index (χ0) is 23.3. The maximum atomic E-state index is 12.4. The molecule has 0 saturated carbocycles. The van der Waals surface area contributed by atoms with Gasteiger partial charge in [0.15, 0.2) is 11.4 Å². The molecule has 1 heterocycles. The molecule has 0 fully saturated rings. The van der Waals surface area contributed by atoms with Crippen molar-refractivity contribution in [1.82, 2.24) is 4.98 Å². The number of carbonyl (C=O) groups is 1. The molecule has 2 aromatic carbocycles. The van der Waals surface area contributed by atoms with Gasteiger partial charge < -0.3 is 14.5 Å². The van der Waals surface area contributed by atoms with E-state index >= 15 is 0 Å². The largest absolute Gasteiger partial charge is 0.490 e. The molecule has 0 bridgehead atoms. The highest BCUT2D eigenvalue weighted by Crippen LogP contribution is 2.40. The van der Waals surface area contributed by atoms with Gasteiger partial charge in [0.2, 0.25) is 0 Å². The van der Waals surface area contributed by atoms with Gasteiger partial charge in [0.05, 0.1) is 16.7 Å². The van der Waals surface area contributed by atoms with E-state index in [9.17, 15) is 4.79 Å². The molecule has 1 aromatic heterocycles. The molecule has 9 heteroatoms. The second-order valence-electron chi connectivity index (χ2n) is 7.62. The standard InChI is InChI=1S/C23H25Cl2N3O3S/c1-5-10-30-20-17(24)11-15(12-18(20)25)23(2,3)14-6-8-16(9-7-14)26-21(29)19-13-31-22(27-19)28-32-4/h6-9,11-13H,5,10H2,1-4H3,(H,26,29)(H,27,28). The second-order valence-corrected chi connectivity index (χ2v) is 9.04. The normalized spacial score (nSPS) is 11.3. The topological polar surface area (TPSA) is 76.4 Å². The number of nitrogens with zero attached hydrogens (tertiary/aromatic N) is 1. The van der Waals surface area contributed by atoms with Crippen LogP contribution in [-0.2, 0) is 5.41 Å². The molecule has 0 aliphatic rings. The summed E-state index contributed by atoms with van der Waals surface area (Å²) in [5.74, 6) is 0.160. The minimum atomic E-state index is -0.371. The number of ether oxygens (including phenoxy) is 1. The number of carbonyl (C=O) groups excluding carboxylic acids is 1. The zero-order valence-corrected chi connectivity index (χ0v) is 20.6. The first-order valence-corrected chi connectivity index (χ1v) is 12.0. The Morgan fingerprint density at radius 1 is 1.16 bits per heavy atom. The number of hydrogen-bond donors (Lipinski definition) is 2. The summed E-state index contributed by atoms with van der Waals surface area (Å²) in [6.07, 6.45) is 4.02. The molecule has 3 aromatic rings. The van der Waals surface area contributed by atoms with Crippen LogP contribution in [0.3, 0.4) is 0 Å². The fourth-order valence-electron chi connectivity index (χ4n) is 3.11.